The highest BCUT2D eigenvalue weighted by molar-refractivity contribution is 6.29. The second kappa shape index (κ2) is 4.64. The van der Waals surface area contributed by atoms with E-state index in [9.17, 15) is 0 Å². The van der Waals surface area contributed by atoms with Crippen LogP contribution in [0.5, 0.6) is 0 Å². The van der Waals surface area contributed by atoms with Crippen molar-refractivity contribution in [2.45, 2.75) is 6.54 Å². The van der Waals surface area contributed by atoms with Crippen molar-refractivity contribution in [3.63, 3.8) is 0 Å². The molecule has 0 fully saturated rings. The lowest BCUT2D eigenvalue weighted by Gasteiger charge is -2.04. The predicted octanol–water partition coefficient (Wildman–Crippen LogP) is 1.94. The van der Waals surface area contributed by atoms with Crippen molar-refractivity contribution in [2.24, 2.45) is 0 Å². The number of hydrogen-bond acceptors (Lipinski definition) is 4. The zero-order valence-electron chi connectivity index (χ0n) is 8.24. The molecule has 0 radical (unpaired) electrons. The molecule has 0 amide bonds. The van der Waals surface area contributed by atoms with E-state index in [1.165, 1.54) is 6.07 Å². The van der Waals surface area contributed by atoms with E-state index in [1.54, 1.807) is 18.6 Å². The van der Waals surface area contributed by atoms with E-state index in [4.69, 9.17) is 16.9 Å². The fraction of sp³-hybridized carbons (Fsp3) is 0.100. The van der Waals surface area contributed by atoms with Crippen LogP contribution in [0.2, 0.25) is 5.15 Å². The summed E-state index contributed by atoms with van der Waals surface area (Å²) in [6.07, 6.45) is 3.31. The highest BCUT2D eigenvalue weighted by atomic mass is 35.5. The standard InChI is InChI=1S/C10H8ClN5/c11-9-1-7(3-12)2-10(16-9)14-5-8-4-13-6-15-8/h1-2,4,6H,5H2,(H,13,15)(H,14,16). The molecule has 2 aromatic heterocycles. The maximum absolute atomic E-state index is 8.76. The molecule has 0 aliphatic heterocycles. The zero-order valence-corrected chi connectivity index (χ0v) is 8.99. The summed E-state index contributed by atoms with van der Waals surface area (Å²) in [5.74, 6) is 0.568. The van der Waals surface area contributed by atoms with Crippen LogP contribution >= 0.6 is 11.6 Å². The van der Waals surface area contributed by atoms with Gasteiger partial charge in [0.25, 0.3) is 0 Å². The van der Waals surface area contributed by atoms with E-state index < -0.39 is 0 Å². The summed E-state index contributed by atoms with van der Waals surface area (Å²) in [5.41, 5.74) is 1.41. The molecule has 2 N–H and O–H groups in total. The largest absolute Gasteiger partial charge is 0.364 e. The third kappa shape index (κ3) is 2.49. The Balaban J connectivity index is 2.10. The first kappa shape index (κ1) is 10.5. The average Bonchev–Trinajstić information content (AvgIpc) is 2.78. The fourth-order valence-electron chi connectivity index (χ4n) is 1.22. The Morgan fingerprint density at radius 3 is 3.06 bits per heavy atom. The Kier molecular flexibility index (Phi) is 3.03. The van der Waals surface area contributed by atoms with Gasteiger partial charge in [0.2, 0.25) is 0 Å². The molecule has 0 aliphatic carbocycles. The van der Waals surface area contributed by atoms with E-state index in [0.717, 1.165) is 5.69 Å². The number of nitriles is 1. The van der Waals surface area contributed by atoms with Gasteiger partial charge in [-0.2, -0.15) is 5.26 Å². The number of aromatic amines is 1. The van der Waals surface area contributed by atoms with E-state index in [-0.39, 0.29) is 0 Å². The van der Waals surface area contributed by atoms with Crippen molar-refractivity contribution in [1.29, 1.82) is 5.26 Å². The van der Waals surface area contributed by atoms with Crippen LogP contribution in [0.4, 0.5) is 5.82 Å². The molecular formula is C10H8ClN5. The minimum atomic E-state index is 0.297. The van der Waals surface area contributed by atoms with Gasteiger partial charge in [-0.3, -0.25) is 0 Å². The van der Waals surface area contributed by atoms with Crippen molar-refractivity contribution in [3.8, 4) is 6.07 Å². The molecule has 80 valence electrons. The van der Waals surface area contributed by atoms with Gasteiger partial charge in [0.15, 0.2) is 0 Å². The highest BCUT2D eigenvalue weighted by Crippen LogP contribution is 2.14. The van der Waals surface area contributed by atoms with Crippen LogP contribution in [0, 0.1) is 11.3 Å². The zero-order chi connectivity index (χ0) is 11.4. The van der Waals surface area contributed by atoms with Crippen molar-refractivity contribution in [1.82, 2.24) is 15.0 Å². The van der Waals surface area contributed by atoms with Crippen molar-refractivity contribution in [3.05, 3.63) is 41.1 Å². The van der Waals surface area contributed by atoms with Gasteiger partial charge >= 0.3 is 0 Å². The smallest absolute Gasteiger partial charge is 0.132 e. The predicted molar refractivity (Wildman–Crippen MR) is 59.9 cm³/mol. The second-order valence-corrected chi connectivity index (χ2v) is 3.49. The summed E-state index contributed by atoms with van der Waals surface area (Å²) in [5, 5.41) is 12.1. The number of imidazole rings is 1. The molecule has 2 aromatic rings. The Labute approximate surface area is 97.1 Å². The lowest BCUT2D eigenvalue weighted by molar-refractivity contribution is 1.05. The third-order valence-electron chi connectivity index (χ3n) is 1.94. The number of aromatic nitrogens is 3. The number of nitrogens with one attached hydrogen (secondary N) is 2. The summed E-state index contributed by atoms with van der Waals surface area (Å²) < 4.78 is 0. The number of pyridine rings is 1. The molecule has 2 rings (SSSR count). The first-order chi connectivity index (χ1) is 7.78. The van der Waals surface area contributed by atoms with Gasteiger partial charge in [0.1, 0.15) is 11.0 Å². The van der Waals surface area contributed by atoms with Gasteiger partial charge in [0, 0.05) is 6.20 Å². The van der Waals surface area contributed by atoms with Crippen molar-refractivity contribution in [2.75, 3.05) is 5.32 Å². The summed E-state index contributed by atoms with van der Waals surface area (Å²) in [6, 6.07) is 5.17. The molecule has 0 aromatic carbocycles. The van der Waals surface area contributed by atoms with Gasteiger partial charge in [0.05, 0.1) is 30.2 Å². The van der Waals surface area contributed by atoms with E-state index in [1.807, 2.05) is 6.07 Å². The van der Waals surface area contributed by atoms with E-state index in [2.05, 4.69) is 20.3 Å². The normalized spacial score (nSPS) is 9.75. The lowest BCUT2D eigenvalue weighted by atomic mass is 10.3. The summed E-state index contributed by atoms with van der Waals surface area (Å²) in [6.45, 7) is 0.554. The summed E-state index contributed by atoms with van der Waals surface area (Å²) in [7, 11) is 0. The maximum Gasteiger partial charge on any atom is 0.132 e. The number of H-pyrrole nitrogens is 1. The van der Waals surface area contributed by atoms with Crippen molar-refractivity contribution < 1.29 is 0 Å². The number of anilines is 1. The molecule has 0 atom stereocenters. The SMILES string of the molecule is N#Cc1cc(Cl)nc(NCc2cnc[nH]2)c1. The van der Waals surface area contributed by atoms with Crippen LogP contribution in [-0.2, 0) is 6.54 Å². The fourth-order valence-corrected chi connectivity index (χ4v) is 1.43. The number of halogens is 1. The average molecular weight is 234 g/mol. The molecule has 0 unspecified atom stereocenters. The Morgan fingerprint density at radius 2 is 2.38 bits per heavy atom. The minimum Gasteiger partial charge on any atom is -0.364 e. The van der Waals surface area contributed by atoms with Crippen LogP contribution in [0.1, 0.15) is 11.3 Å². The van der Waals surface area contributed by atoms with Crippen LogP contribution in [-0.4, -0.2) is 15.0 Å². The van der Waals surface area contributed by atoms with Crippen LogP contribution in [0.25, 0.3) is 0 Å². The minimum absolute atomic E-state index is 0.297. The molecule has 16 heavy (non-hydrogen) atoms. The Bertz CT molecular complexity index is 515. The Morgan fingerprint density at radius 1 is 1.50 bits per heavy atom. The molecule has 2 heterocycles. The molecule has 0 bridgehead atoms. The van der Waals surface area contributed by atoms with Crippen molar-refractivity contribution >= 4 is 17.4 Å². The highest BCUT2D eigenvalue weighted by Gasteiger charge is 2.01. The first-order valence-corrected chi connectivity index (χ1v) is 4.94. The molecule has 0 saturated heterocycles. The Hall–Kier alpha value is -2.06. The van der Waals surface area contributed by atoms with E-state index >= 15 is 0 Å². The summed E-state index contributed by atoms with van der Waals surface area (Å²) >= 11 is 5.77. The van der Waals surface area contributed by atoms with Crippen LogP contribution < -0.4 is 5.32 Å². The quantitative estimate of drug-likeness (QED) is 0.795. The topological polar surface area (TPSA) is 77.4 Å². The first-order valence-electron chi connectivity index (χ1n) is 4.57. The summed E-state index contributed by atoms with van der Waals surface area (Å²) in [4.78, 5) is 10.9. The van der Waals surface area contributed by atoms with Gasteiger partial charge in [-0.25, -0.2) is 9.97 Å². The third-order valence-corrected chi connectivity index (χ3v) is 2.13. The van der Waals surface area contributed by atoms with Gasteiger partial charge in [-0.15, -0.1) is 0 Å². The lowest BCUT2D eigenvalue weighted by Crippen LogP contribution is -2.02. The number of hydrogen-bond donors (Lipinski definition) is 2. The monoisotopic (exact) mass is 233 g/mol. The molecule has 0 spiro atoms. The number of nitrogens with zero attached hydrogens (tertiary/aromatic N) is 3. The van der Waals surface area contributed by atoms with Crippen LogP contribution in [0.15, 0.2) is 24.7 Å². The van der Waals surface area contributed by atoms with E-state index in [0.29, 0.717) is 23.1 Å². The van der Waals surface area contributed by atoms with Gasteiger partial charge in [-0.05, 0) is 12.1 Å². The molecule has 5 nitrogen and oxygen atoms in total. The molecule has 0 aliphatic rings. The van der Waals surface area contributed by atoms with Gasteiger partial charge < -0.3 is 10.3 Å². The van der Waals surface area contributed by atoms with Gasteiger partial charge in [-0.1, -0.05) is 11.6 Å². The maximum atomic E-state index is 8.76. The number of rotatable bonds is 3. The second-order valence-electron chi connectivity index (χ2n) is 3.11. The van der Waals surface area contributed by atoms with Crippen LogP contribution in [0.3, 0.4) is 0 Å². The molecule has 0 saturated carbocycles. The molecular weight excluding hydrogens is 226 g/mol. The molecule has 6 heteroatoms.